The zero-order valence-corrected chi connectivity index (χ0v) is 14.6. The largest absolute Gasteiger partial charge is 0.354 e. The maximum absolute atomic E-state index is 11.7. The van der Waals surface area contributed by atoms with Crippen LogP contribution >= 0.6 is 24.8 Å². The van der Waals surface area contributed by atoms with Gasteiger partial charge in [0.05, 0.1) is 0 Å². The number of hydrogen-bond acceptors (Lipinski definition) is 3. The van der Waals surface area contributed by atoms with Crippen LogP contribution in [0.15, 0.2) is 0 Å². The van der Waals surface area contributed by atoms with E-state index < -0.39 is 0 Å². The summed E-state index contributed by atoms with van der Waals surface area (Å²) in [7, 11) is 4.26. The molecule has 20 heavy (non-hydrogen) atoms. The molecule has 0 spiro atoms. The van der Waals surface area contributed by atoms with Gasteiger partial charge in [-0.05, 0) is 45.8 Å². The Hall–Kier alpha value is -0.0300. The number of halogens is 2. The fourth-order valence-electron chi connectivity index (χ4n) is 2.97. The van der Waals surface area contributed by atoms with Gasteiger partial charge in [0.15, 0.2) is 0 Å². The summed E-state index contributed by atoms with van der Waals surface area (Å²) in [6.07, 6.45) is 6.26. The predicted octanol–water partition coefficient (Wildman–Crippen LogP) is 2.20. The van der Waals surface area contributed by atoms with Crippen molar-refractivity contribution < 1.29 is 4.79 Å². The first kappa shape index (κ1) is 22.3. The molecular formula is C14H31Cl2N3O. The molecule has 0 bridgehead atoms. The summed E-state index contributed by atoms with van der Waals surface area (Å²) >= 11 is 0. The van der Waals surface area contributed by atoms with Crippen LogP contribution in [0.25, 0.3) is 0 Å². The average molecular weight is 328 g/mol. The fourth-order valence-corrected chi connectivity index (χ4v) is 2.97. The summed E-state index contributed by atoms with van der Waals surface area (Å²) in [5.74, 6) is 0.891. The van der Waals surface area contributed by atoms with Gasteiger partial charge in [-0.2, -0.15) is 0 Å². The van der Waals surface area contributed by atoms with Crippen LogP contribution in [0, 0.1) is 5.92 Å². The van der Waals surface area contributed by atoms with E-state index in [1.807, 2.05) is 0 Å². The third-order valence-electron chi connectivity index (χ3n) is 4.24. The number of nitrogens with one attached hydrogen (secondary N) is 1. The Kier molecular flexibility index (Phi) is 11.9. The van der Waals surface area contributed by atoms with E-state index >= 15 is 0 Å². The SMILES string of the molecule is CC1CCCC(CNC(=O)CCCN)(N(C)C)C1.Cl.Cl. The molecule has 1 aliphatic carbocycles. The van der Waals surface area contributed by atoms with Crippen LogP contribution in [-0.4, -0.2) is 43.5 Å². The van der Waals surface area contributed by atoms with Crippen LogP contribution < -0.4 is 11.1 Å². The lowest BCUT2D eigenvalue weighted by molar-refractivity contribution is -0.122. The maximum atomic E-state index is 11.7. The van der Waals surface area contributed by atoms with Crippen molar-refractivity contribution in [3.63, 3.8) is 0 Å². The van der Waals surface area contributed by atoms with Crippen LogP contribution in [0.2, 0.25) is 0 Å². The van der Waals surface area contributed by atoms with E-state index in [2.05, 4.69) is 31.2 Å². The number of carbonyl (C=O) groups excluding carboxylic acids is 1. The molecule has 122 valence electrons. The highest BCUT2D eigenvalue weighted by molar-refractivity contribution is 5.85. The van der Waals surface area contributed by atoms with Crippen molar-refractivity contribution >= 4 is 30.7 Å². The topological polar surface area (TPSA) is 58.4 Å². The van der Waals surface area contributed by atoms with E-state index in [0.29, 0.717) is 13.0 Å². The molecule has 6 heteroatoms. The van der Waals surface area contributed by atoms with E-state index in [1.54, 1.807) is 0 Å². The second-order valence-electron chi connectivity index (χ2n) is 5.99. The lowest BCUT2D eigenvalue weighted by Crippen LogP contribution is -2.55. The van der Waals surface area contributed by atoms with Crippen molar-refractivity contribution in [1.82, 2.24) is 10.2 Å². The number of likely N-dealkylation sites (N-methyl/N-ethyl adjacent to an activating group) is 1. The number of carbonyl (C=O) groups is 1. The van der Waals surface area contributed by atoms with Crippen LogP contribution in [-0.2, 0) is 4.79 Å². The molecule has 3 N–H and O–H groups in total. The van der Waals surface area contributed by atoms with E-state index in [-0.39, 0.29) is 36.3 Å². The van der Waals surface area contributed by atoms with Gasteiger partial charge in [-0.15, -0.1) is 24.8 Å². The van der Waals surface area contributed by atoms with Gasteiger partial charge in [0.1, 0.15) is 0 Å². The second kappa shape index (κ2) is 10.7. The van der Waals surface area contributed by atoms with Gasteiger partial charge >= 0.3 is 0 Å². The molecule has 2 atom stereocenters. The number of nitrogens with two attached hydrogens (primary N) is 1. The van der Waals surface area contributed by atoms with Gasteiger partial charge in [0.2, 0.25) is 5.91 Å². The minimum absolute atomic E-state index is 0. The van der Waals surface area contributed by atoms with Crippen LogP contribution in [0.1, 0.15) is 45.4 Å². The Balaban J connectivity index is 0. The normalized spacial score (nSPS) is 25.6. The third kappa shape index (κ3) is 6.61. The molecule has 4 nitrogen and oxygen atoms in total. The molecule has 1 amide bonds. The van der Waals surface area contributed by atoms with Gasteiger partial charge in [-0.3, -0.25) is 4.79 Å². The molecule has 0 aromatic heterocycles. The van der Waals surface area contributed by atoms with Crippen LogP contribution in [0.3, 0.4) is 0 Å². The second-order valence-corrected chi connectivity index (χ2v) is 5.99. The number of nitrogens with zero attached hydrogens (tertiary/aromatic N) is 1. The fraction of sp³-hybridized carbons (Fsp3) is 0.929. The smallest absolute Gasteiger partial charge is 0.220 e. The Bertz CT molecular complexity index is 277. The Morgan fingerprint density at radius 2 is 2.05 bits per heavy atom. The van der Waals surface area contributed by atoms with Crippen molar-refractivity contribution in [2.24, 2.45) is 11.7 Å². The predicted molar refractivity (Wildman–Crippen MR) is 89.8 cm³/mol. The van der Waals surface area contributed by atoms with E-state index in [1.165, 1.54) is 25.7 Å². The number of hydrogen-bond donors (Lipinski definition) is 2. The molecule has 2 unspecified atom stereocenters. The Morgan fingerprint density at radius 1 is 1.40 bits per heavy atom. The molecule has 1 aliphatic rings. The summed E-state index contributed by atoms with van der Waals surface area (Å²) < 4.78 is 0. The summed E-state index contributed by atoms with van der Waals surface area (Å²) in [6.45, 7) is 3.67. The zero-order chi connectivity index (χ0) is 13.6. The van der Waals surface area contributed by atoms with Gasteiger partial charge in [-0.25, -0.2) is 0 Å². The molecule has 0 radical (unpaired) electrons. The van der Waals surface area contributed by atoms with E-state index in [4.69, 9.17) is 5.73 Å². The minimum atomic E-state index is 0. The third-order valence-corrected chi connectivity index (χ3v) is 4.24. The monoisotopic (exact) mass is 327 g/mol. The van der Waals surface area contributed by atoms with Gasteiger partial charge in [-0.1, -0.05) is 19.8 Å². The van der Waals surface area contributed by atoms with E-state index in [0.717, 1.165) is 18.9 Å². The molecule has 1 fully saturated rings. The maximum Gasteiger partial charge on any atom is 0.220 e. The summed E-state index contributed by atoms with van der Waals surface area (Å²) in [4.78, 5) is 14.0. The van der Waals surface area contributed by atoms with Gasteiger partial charge in [0, 0.05) is 18.5 Å². The highest BCUT2D eigenvalue weighted by Crippen LogP contribution is 2.35. The highest BCUT2D eigenvalue weighted by atomic mass is 35.5. The quantitative estimate of drug-likeness (QED) is 0.786. The lowest BCUT2D eigenvalue weighted by atomic mass is 9.75. The van der Waals surface area contributed by atoms with E-state index in [9.17, 15) is 4.79 Å². The number of rotatable bonds is 6. The minimum Gasteiger partial charge on any atom is -0.354 e. The number of amides is 1. The van der Waals surface area contributed by atoms with Crippen molar-refractivity contribution in [3.05, 3.63) is 0 Å². The van der Waals surface area contributed by atoms with Gasteiger partial charge < -0.3 is 16.0 Å². The first-order chi connectivity index (χ1) is 8.50. The van der Waals surface area contributed by atoms with Crippen molar-refractivity contribution in [3.8, 4) is 0 Å². The van der Waals surface area contributed by atoms with Crippen LogP contribution in [0.5, 0.6) is 0 Å². The standard InChI is InChI=1S/C14H29N3O.2ClH/c1-12-6-4-8-14(10-12,17(2)3)11-16-13(18)7-5-9-15;;/h12H,4-11,15H2,1-3H3,(H,16,18);2*1H. The molecule has 0 aromatic carbocycles. The molecule has 1 rings (SSSR count). The summed E-state index contributed by atoms with van der Waals surface area (Å²) in [5, 5.41) is 3.09. The van der Waals surface area contributed by atoms with Crippen molar-refractivity contribution in [2.75, 3.05) is 27.2 Å². The molecule has 0 saturated heterocycles. The lowest BCUT2D eigenvalue weighted by Gasteiger charge is -2.45. The first-order valence-electron chi connectivity index (χ1n) is 7.14. The molecule has 0 aromatic rings. The summed E-state index contributed by atoms with van der Waals surface area (Å²) in [6, 6.07) is 0. The molecule has 1 saturated carbocycles. The van der Waals surface area contributed by atoms with Crippen molar-refractivity contribution in [1.29, 1.82) is 0 Å². The Morgan fingerprint density at radius 3 is 2.55 bits per heavy atom. The summed E-state index contributed by atoms with van der Waals surface area (Å²) in [5.41, 5.74) is 5.57. The van der Waals surface area contributed by atoms with Crippen LogP contribution in [0.4, 0.5) is 0 Å². The highest BCUT2D eigenvalue weighted by Gasteiger charge is 2.36. The first-order valence-corrected chi connectivity index (χ1v) is 7.14. The average Bonchev–Trinajstić information content (AvgIpc) is 2.33. The molecule has 0 heterocycles. The van der Waals surface area contributed by atoms with Gasteiger partial charge in [0.25, 0.3) is 0 Å². The van der Waals surface area contributed by atoms with Crippen molar-refractivity contribution in [2.45, 2.75) is 51.0 Å². The Labute approximate surface area is 136 Å². The molecule has 0 aliphatic heterocycles. The molecular weight excluding hydrogens is 297 g/mol. The zero-order valence-electron chi connectivity index (χ0n) is 13.0.